The molecule has 0 aliphatic heterocycles. The number of carbonyl (C=O) groups is 4. The van der Waals surface area contributed by atoms with Crippen molar-refractivity contribution in [1.29, 1.82) is 0 Å². The van der Waals surface area contributed by atoms with Gasteiger partial charge in [0.05, 0.1) is 26.4 Å². The molecule has 0 fully saturated rings. The molecule has 0 aromatic carbocycles. The second-order valence-corrected chi connectivity index (χ2v) is 30.2. The van der Waals surface area contributed by atoms with Gasteiger partial charge in [-0.25, -0.2) is 9.13 Å². The molecular formula is C93H148O17P2. The van der Waals surface area contributed by atoms with E-state index in [2.05, 4.69) is 216 Å². The third kappa shape index (κ3) is 81.6. The number of allylic oxidation sites excluding steroid dienone is 34. The van der Waals surface area contributed by atoms with Gasteiger partial charge in [-0.3, -0.25) is 37.3 Å². The van der Waals surface area contributed by atoms with E-state index in [0.717, 1.165) is 186 Å². The van der Waals surface area contributed by atoms with Crippen LogP contribution in [0.4, 0.5) is 0 Å². The van der Waals surface area contributed by atoms with Crippen molar-refractivity contribution in [3.63, 3.8) is 0 Å². The highest BCUT2D eigenvalue weighted by Crippen LogP contribution is 2.45. The van der Waals surface area contributed by atoms with Gasteiger partial charge in [0.25, 0.3) is 0 Å². The number of rotatable bonds is 77. The van der Waals surface area contributed by atoms with Gasteiger partial charge in [-0.15, -0.1) is 0 Å². The zero-order valence-electron chi connectivity index (χ0n) is 69.3. The number of aliphatic hydroxyl groups is 1. The molecule has 632 valence electrons. The van der Waals surface area contributed by atoms with E-state index in [-0.39, 0.29) is 25.7 Å². The van der Waals surface area contributed by atoms with E-state index in [1.54, 1.807) is 0 Å². The first kappa shape index (κ1) is 106. The lowest BCUT2D eigenvalue weighted by Gasteiger charge is -2.21. The van der Waals surface area contributed by atoms with Crippen LogP contribution < -0.4 is 0 Å². The summed E-state index contributed by atoms with van der Waals surface area (Å²) in [7, 11) is -10.0. The highest BCUT2D eigenvalue weighted by molar-refractivity contribution is 7.47. The molecule has 0 aromatic rings. The van der Waals surface area contributed by atoms with Crippen molar-refractivity contribution >= 4 is 39.5 Å². The number of unbranched alkanes of at least 4 members (excludes halogenated alkanes) is 17. The molecule has 0 aliphatic carbocycles. The molecule has 0 amide bonds. The maximum atomic E-state index is 13.1. The largest absolute Gasteiger partial charge is 0.472 e. The maximum Gasteiger partial charge on any atom is 0.472 e. The van der Waals surface area contributed by atoms with E-state index in [1.807, 2.05) is 18.2 Å². The quantitative estimate of drug-likeness (QED) is 0.0169. The molecule has 5 atom stereocenters. The first-order chi connectivity index (χ1) is 54.7. The molecule has 112 heavy (non-hydrogen) atoms. The molecule has 0 bridgehead atoms. The number of esters is 4. The topological polar surface area (TPSA) is 237 Å². The zero-order valence-corrected chi connectivity index (χ0v) is 71.0. The molecule has 0 spiro atoms. The lowest BCUT2D eigenvalue weighted by Crippen LogP contribution is -2.30. The Kier molecular flexibility index (Phi) is 77.9. The fourth-order valence-electron chi connectivity index (χ4n) is 10.4. The standard InChI is InChI=1S/C93H148O17P2/c1-5-9-13-17-21-25-29-33-37-40-43-46-50-54-58-62-66-70-74-78-91(96)104-84-89(110-93(98)80-76-72-68-64-60-56-52-48-45-42-39-35-31-27-23-19-15-11-7-3)86-108-112(101,102)106-82-87(94)81-105-111(99,100)107-85-88(83-103-90(95)77-73-69-65-61-57-53-49-36-32-28-24-20-16-12-8-4)109-92(97)79-75-71-67-63-59-55-51-47-44-41-38-34-30-26-22-18-14-10-6-2/h9-11,13-15,21-23,25-28,32-35,37-39,43-48,54-56,58-60,67,71,87-89,94H,5-8,12,16-20,24,29-31,36,40-42,49-53,57,61-66,68-70,72-86H2,1-4H3,(H,99,100)(H,101,102)/b13-9-,14-10-,15-11-,25-21-,26-22-,27-23-,32-28-,37-33-,38-34-,39-35-,46-43-,47-44-,48-45-,58-54-,59-55-,60-56-,71-67-/t87-,88+,89+/m0/s1. The summed E-state index contributed by atoms with van der Waals surface area (Å²) >= 11 is 0. The van der Waals surface area contributed by atoms with Crippen LogP contribution in [0.1, 0.15) is 297 Å². The molecule has 0 rings (SSSR count). The van der Waals surface area contributed by atoms with E-state index in [4.69, 9.17) is 37.0 Å². The van der Waals surface area contributed by atoms with Crippen LogP contribution in [0.25, 0.3) is 0 Å². The third-order valence-corrected chi connectivity index (χ3v) is 18.6. The lowest BCUT2D eigenvalue weighted by molar-refractivity contribution is -0.161. The fourth-order valence-corrected chi connectivity index (χ4v) is 12.0. The molecular weight excluding hydrogens is 1450 g/mol. The second-order valence-electron chi connectivity index (χ2n) is 27.3. The van der Waals surface area contributed by atoms with Gasteiger partial charge in [0, 0.05) is 25.7 Å². The van der Waals surface area contributed by atoms with Gasteiger partial charge in [0.15, 0.2) is 12.2 Å². The summed E-state index contributed by atoms with van der Waals surface area (Å²) in [6.45, 7) is 4.34. The number of phosphoric ester groups is 2. The summed E-state index contributed by atoms with van der Waals surface area (Å²) in [5.41, 5.74) is 0. The van der Waals surface area contributed by atoms with Crippen LogP contribution in [0.15, 0.2) is 207 Å². The van der Waals surface area contributed by atoms with Crippen molar-refractivity contribution in [2.75, 3.05) is 39.6 Å². The SMILES string of the molecule is CC/C=C\C/C=C\C/C=C\C/C=C\C/C=C\C/C=C\CCC(=O)O[C@H](COC(=O)CCCCCCCCC/C=C\CCCCCC)COP(=O)(O)OC[C@H](O)COP(=O)(O)OC[C@@H](COC(=O)CCCCC/C=C\C/C=C\C/C=C\C/C=C\C/C=C\CC)OC(=O)CCCCC/C=C\C/C=C\C/C=C\C/C=C\C/C=C\CC. The Morgan fingerprint density at radius 1 is 0.259 bits per heavy atom. The average molecular weight is 1600 g/mol. The van der Waals surface area contributed by atoms with E-state index in [1.165, 1.54) is 25.7 Å². The Labute approximate surface area is 678 Å². The van der Waals surface area contributed by atoms with Gasteiger partial charge in [-0.2, -0.15) is 0 Å². The van der Waals surface area contributed by atoms with Crippen molar-refractivity contribution in [3.05, 3.63) is 207 Å². The normalized spacial score (nSPS) is 14.8. The average Bonchev–Trinajstić information content (AvgIpc) is 0.897. The number of carbonyl (C=O) groups excluding carboxylic acids is 4. The number of aliphatic hydroxyl groups excluding tert-OH is 1. The summed E-state index contributed by atoms with van der Waals surface area (Å²) in [6.07, 6.45) is 104. The number of ether oxygens (including phenoxy) is 4. The van der Waals surface area contributed by atoms with E-state index >= 15 is 0 Å². The lowest BCUT2D eigenvalue weighted by atomic mass is 10.1. The van der Waals surface area contributed by atoms with Crippen LogP contribution in [-0.4, -0.2) is 96.7 Å². The van der Waals surface area contributed by atoms with Crippen LogP contribution in [0.5, 0.6) is 0 Å². The van der Waals surface area contributed by atoms with Gasteiger partial charge in [-0.1, -0.05) is 298 Å². The van der Waals surface area contributed by atoms with Crippen molar-refractivity contribution in [3.8, 4) is 0 Å². The van der Waals surface area contributed by atoms with Crippen molar-refractivity contribution in [2.24, 2.45) is 0 Å². The van der Waals surface area contributed by atoms with Crippen molar-refractivity contribution < 1.29 is 80.2 Å². The maximum absolute atomic E-state index is 13.1. The van der Waals surface area contributed by atoms with E-state index in [0.29, 0.717) is 32.1 Å². The van der Waals surface area contributed by atoms with Crippen molar-refractivity contribution in [2.45, 2.75) is 316 Å². The molecule has 0 aromatic heterocycles. The highest BCUT2D eigenvalue weighted by Gasteiger charge is 2.30. The summed E-state index contributed by atoms with van der Waals surface area (Å²) in [6, 6.07) is 0. The first-order valence-electron chi connectivity index (χ1n) is 42.3. The second kappa shape index (κ2) is 82.6. The predicted molar refractivity (Wildman–Crippen MR) is 463 cm³/mol. The molecule has 0 heterocycles. The molecule has 2 unspecified atom stereocenters. The number of phosphoric acid groups is 2. The molecule has 0 radical (unpaired) electrons. The summed E-state index contributed by atoms with van der Waals surface area (Å²) in [4.78, 5) is 73.2. The van der Waals surface area contributed by atoms with Gasteiger partial charge >= 0.3 is 39.5 Å². The Balaban J connectivity index is 5.55. The smallest absolute Gasteiger partial charge is 0.462 e. The molecule has 3 N–H and O–H groups in total. The summed E-state index contributed by atoms with van der Waals surface area (Å²) in [5.74, 6) is -2.37. The van der Waals surface area contributed by atoms with Crippen LogP contribution >= 0.6 is 15.6 Å². The number of hydrogen-bond acceptors (Lipinski definition) is 15. The monoisotopic (exact) mass is 1600 g/mol. The molecule has 17 nitrogen and oxygen atoms in total. The molecule has 19 heteroatoms. The van der Waals surface area contributed by atoms with Gasteiger partial charge in [0.2, 0.25) is 0 Å². The minimum atomic E-state index is -5.02. The van der Waals surface area contributed by atoms with Crippen LogP contribution in [0, 0.1) is 0 Å². The van der Waals surface area contributed by atoms with Gasteiger partial charge in [-0.05, 0) is 180 Å². The Morgan fingerprint density at radius 3 is 0.786 bits per heavy atom. The summed E-state index contributed by atoms with van der Waals surface area (Å²) in [5, 5.41) is 10.7. The van der Waals surface area contributed by atoms with Crippen LogP contribution in [0.2, 0.25) is 0 Å². The van der Waals surface area contributed by atoms with Crippen LogP contribution in [0.3, 0.4) is 0 Å². The van der Waals surface area contributed by atoms with E-state index in [9.17, 15) is 43.2 Å². The van der Waals surface area contributed by atoms with Gasteiger partial charge < -0.3 is 33.8 Å². The van der Waals surface area contributed by atoms with Gasteiger partial charge in [0.1, 0.15) is 19.3 Å². The summed E-state index contributed by atoms with van der Waals surface area (Å²) < 4.78 is 68.7. The Morgan fingerprint density at radius 2 is 0.482 bits per heavy atom. The molecule has 0 aliphatic rings. The zero-order chi connectivity index (χ0) is 81.7. The molecule has 0 saturated carbocycles. The minimum absolute atomic E-state index is 0.0370. The highest BCUT2D eigenvalue weighted by atomic mass is 31.2. The van der Waals surface area contributed by atoms with E-state index < -0.39 is 97.5 Å². The molecule has 0 saturated heterocycles. The number of hydrogen-bond donors (Lipinski definition) is 3. The Bertz CT molecular complexity index is 2940. The van der Waals surface area contributed by atoms with Crippen molar-refractivity contribution in [1.82, 2.24) is 0 Å². The predicted octanol–water partition coefficient (Wildman–Crippen LogP) is 25.4. The fraction of sp³-hybridized carbons (Fsp3) is 0.591. The van der Waals surface area contributed by atoms with Crippen LogP contribution in [-0.2, 0) is 65.4 Å². The first-order valence-corrected chi connectivity index (χ1v) is 45.3. The third-order valence-electron chi connectivity index (χ3n) is 16.7. The Hall–Kier alpha value is -6.36. The minimum Gasteiger partial charge on any atom is -0.462 e.